The van der Waals surface area contributed by atoms with Crippen molar-refractivity contribution < 1.29 is 0 Å². The summed E-state index contributed by atoms with van der Waals surface area (Å²) in [7, 11) is 0. The van der Waals surface area contributed by atoms with Gasteiger partial charge in [-0.25, -0.2) is 0 Å². The Labute approximate surface area is 113 Å². The van der Waals surface area contributed by atoms with Crippen LogP contribution in [0.1, 0.15) is 38.7 Å². The van der Waals surface area contributed by atoms with Crippen LogP contribution in [0.4, 0.5) is 0 Å². The summed E-state index contributed by atoms with van der Waals surface area (Å²) >= 11 is 3.48. The fourth-order valence-electron chi connectivity index (χ4n) is 2.79. The zero-order chi connectivity index (χ0) is 12.3. The molecule has 3 heteroatoms. The van der Waals surface area contributed by atoms with Gasteiger partial charge in [-0.2, -0.15) is 0 Å². The highest BCUT2D eigenvalue weighted by atomic mass is 79.9. The molecule has 1 saturated heterocycles. The van der Waals surface area contributed by atoms with Crippen molar-refractivity contribution >= 4 is 15.9 Å². The van der Waals surface area contributed by atoms with Gasteiger partial charge in [0.25, 0.3) is 0 Å². The first-order valence-electron chi connectivity index (χ1n) is 6.49. The fourth-order valence-corrected chi connectivity index (χ4v) is 3.20. The minimum Gasteiger partial charge on any atom is -0.298 e. The average Bonchev–Trinajstić information content (AvgIpc) is 2.73. The first-order valence-corrected chi connectivity index (χ1v) is 7.28. The van der Waals surface area contributed by atoms with E-state index in [4.69, 9.17) is 0 Å². The molecule has 0 amide bonds. The molecule has 0 aromatic carbocycles. The van der Waals surface area contributed by atoms with Crippen LogP contribution in [0.25, 0.3) is 0 Å². The summed E-state index contributed by atoms with van der Waals surface area (Å²) in [5.41, 5.74) is 1.88. The zero-order valence-corrected chi connectivity index (χ0v) is 12.3. The third-order valence-corrected chi connectivity index (χ3v) is 4.62. The van der Waals surface area contributed by atoms with Crippen LogP contribution in [0.5, 0.6) is 0 Å². The van der Waals surface area contributed by atoms with E-state index in [0.717, 1.165) is 11.0 Å². The van der Waals surface area contributed by atoms with Crippen LogP contribution in [-0.4, -0.2) is 23.0 Å². The maximum absolute atomic E-state index is 4.23. The lowest BCUT2D eigenvalue weighted by Gasteiger charge is -2.26. The van der Waals surface area contributed by atoms with Gasteiger partial charge in [0.2, 0.25) is 0 Å². The largest absolute Gasteiger partial charge is 0.298 e. The van der Waals surface area contributed by atoms with Crippen molar-refractivity contribution in [2.75, 3.05) is 13.1 Å². The van der Waals surface area contributed by atoms with E-state index in [0.29, 0.717) is 5.41 Å². The topological polar surface area (TPSA) is 16.1 Å². The SMILES string of the molecule is CCC1(CC)CCN(Cc2cncc(Br)c2)C1. The van der Waals surface area contributed by atoms with Gasteiger partial charge in [0, 0.05) is 30.0 Å². The van der Waals surface area contributed by atoms with E-state index in [2.05, 4.69) is 45.7 Å². The lowest BCUT2D eigenvalue weighted by molar-refractivity contribution is 0.236. The van der Waals surface area contributed by atoms with E-state index >= 15 is 0 Å². The summed E-state index contributed by atoms with van der Waals surface area (Å²) in [6.07, 6.45) is 7.77. The van der Waals surface area contributed by atoms with Crippen LogP contribution in [0.3, 0.4) is 0 Å². The molecule has 0 bridgehead atoms. The van der Waals surface area contributed by atoms with Gasteiger partial charge in [-0.1, -0.05) is 13.8 Å². The Morgan fingerprint density at radius 3 is 2.71 bits per heavy atom. The van der Waals surface area contributed by atoms with Gasteiger partial charge in [0.1, 0.15) is 0 Å². The van der Waals surface area contributed by atoms with Crippen LogP contribution < -0.4 is 0 Å². The standard InChI is InChI=1S/C14H21BrN2/c1-3-14(4-2)5-6-17(11-14)10-12-7-13(15)9-16-8-12/h7-9H,3-6,10-11H2,1-2H3. The molecule has 2 nitrogen and oxygen atoms in total. The zero-order valence-electron chi connectivity index (χ0n) is 10.7. The molecule has 0 atom stereocenters. The summed E-state index contributed by atoms with van der Waals surface area (Å²) in [6, 6.07) is 2.17. The first kappa shape index (κ1) is 13.0. The van der Waals surface area contributed by atoms with Crippen molar-refractivity contribution in [2.45, 2.75) is 39.7 Å². The highest BCUT2D eigenvalue weighted by Crippen LogP contribution is 2.37. The summed E-state index contributed by atoms with van der Waals surface area (Å²) in [4.78, 5) is 6.80. The lowest BCUT2D eigenvalue weighted by Crippen LogP contribution is -2.26. The third-order valence-electron chi connectivity index (χ3n) is 4.19. The number of hydrogen-bond acceptors (Lipinski definition) is 2. The van der Waals surface area contributed by atoms with E-state index in [1.54, 1.807) is 0 Å². The van der Waals surface area contributed by atoms with Crippen LogP contribution in [-0.2, 0) is 6.54 Å². The molecule has 0 N–H and O–H groups in total. The smallest absolute Gasteiger partial charge is 0.0410 e. The fraction of sp³-hybridized carbons (Fsp3) is 0.643. The van der Waals surface area contributed by atoms with Gasteiger partial charge >= 0.3 is 0 Å². The molecule has 1 fully saturated rings. The van der Waals surface area contributed by atoms with E-state index in [9.17, 15) is 0 Å². The molecule has 2 rings (SSSR count). The molecule has 0 saturated carbocycles. The van der Waals surface area contributed by atoms with Crippen molar-refractivity contribution in [3.8, 4) is 0 Å². The molecule has 1 aliphatic rings. The van der Waals surface area contributed by atoms with Gasteiger partial charge in [-0.3, -0.25) is 9.88 Å². The summed E-state index contributed by atoms with van der Waals surface area (Å²) < 4.78 is 1.08. The number of nitrogens with zero attached hydrogens (tertiary/aromatic N) is 2. The average molecular weight is 297 g/mol. The van der Waals surface area contributed by atoms with E-state index in [-0.39, 0.29) is 0 Å². The second-order valence-electron chi connectivity index (χ2n) is 5.18. The quantitative estimate of drug-likeness (QED) is 0.839. The van der Waals surface area contributed by atoms with Crippen LogP contribution in [0, 0.1) is 5.41 Å². The Kier molecular flexibility index (Phi) is 4.21. The van der Waals surface area contributed by atoms with E-state index in [1.165, 1.54) is 37.9 Å². The molecule has 1 aromatic rings. The number of halogens is 1. The molecule has 17 heavy (non-hydrogen) atoms. The summed E-state index contributed by atoms with van der Waals surface area (Å²) in [5.74, 6) is 0. The second-order valence-corrected chi connectivity index (χ2v) is 6.09. The van der Waals surface area contributed by atoms with E-state index in [1.807, 2.05) is 12.4 Å². The molecule has 0 spiro atoms. The Morgan fingerprint density at radius 2 is 2.12 bits per heavy atom. The number of rotatable bonds is 4. The van der Waals surface area contributed by atoms with Gasteiger partial charge in [-0.05, 0) is 58.8 Å². The van der Waals surface area contributed by atoms with Gasteiger partial charge in [0.15, 0.2) is 0 Å². The van der Waals surface area contributed by atoms with Crippen molar-refractivity contribution in [1.82, 2.24) is 9.88 Å². The number of hydrogen-bond donors (Lipinski definition) is 0. The maximum Gasteiger partial charge on any atom is 0.0410 e. The minimum atomic E-state index is 0.569. The Balaban J connectivity index is 1.98. The molecule has 2 heterocycles. The number of aromatic nitrogens is 1. The molecule has 94 valence electrons. The number of pyridine rings is 1. The molecule has 0 aliphatic carbocycles. The summed E-state index contributed by atoms with van der Waals surface area (Å²) in [6.45, 7) is 8.16. The van der Waals surface area contributed by atoms with Crippen LogP contribution >= 0.6 is 15.9 Å². The Hall–Kier alpha value is -0.410. The van der Waals surface area contributed by atoms with Crippen molar-refractivity contribution in [1.29, 1.82) is 0 Å². The van der Waals surface area contributed by atoms with Crippen molar-refractivity contribution in [2.24, 2.45) is 5.41 Å². The highest BCUT2D eigenvalue weighted by molar-refractivity contribution is 9.10. The second kappa shape index (κ2) is 5.49. The monoisotopic (exact) mass is 296 g/mol. The van der Waals surface area contributed by atoms with Crippen LogP contribution in [0.15, 0.2) is 22.9 Å². The lowest BCUT2D eigenvalue weighted by atomic mass is 9.82. The third kappa shape index (κ3) is 3.08. The first-order chi connectivity index (χ1) is 8.17. The maximum atomic E-state index is 4.23. The minimum absolute atomic E-state index is 0.569. The number of likely N-dealkylation sites (tertiary alicyclic amines) is 1. The van der Waals surface area contributed by atoms with Gasteiger partial charge in [0.05, 0.1) is 0 Å². The predicted octanol–water partition coefficient (Wildman–Crippen LogP) is 3.86. The molecular weight excluding hydrogens is 276 g/mol. The highest BCUT2D eigenvalue weighted by Gasteiger charge is 2.34. The van der Waals surface area contributed by atoms with Crippen molar-refractivity contribution in [3.05, 3.63) is 28.5 Å². The van der Waals surface area contributed by atoms with Gasteiger partial charge < -0.3 is 0 Å². The van der Waals surface area contributed by atoms with Gasteiger partial charge in [-0.15, -0.1) is 0 Å². The normalized spacial score (nSPS) is 19.7. The molecule has 1 aliphatic heterocycles. The molecule has 1 aromatic heterocycles. The van der Waals surface area contributed by atoms with Crippen LogP contribution in [0.2, 0.25) is 0 Å². The molecule has 0 unspecified atom stereocenters. The van der Waals surface area contributed by atoms with Crippen molar-refractivity contribution in [3.63, 3.8) is 0 Å². The summed E-state index contributed by atoms with van der Waals surface area (Å²) in [5, 5.41) is 0. The molecule has 0 radical (unpaired) electrons. The molecular formula is C14H21BrN2. The Bertz CT molecular complexity index is 374. The Morgan fingerprint density at radius 1 is 1.35 bits per heavy atom. The predicted molar refractivity (Wildman–Crippen MR) is 74.8 cm³/mol. The van der Waals surface area contributed by atoms with E-state index < -0.39 is 0 Å².